The van der Waals surface area contributed by atoms with Gasteiger partial charge in [0.2, 0.25) is 0 Å². The van der Waals surface area contributed by atoms with E-state index in [-0.39, 0.29) is 5.91 Å². The third kappa shape index (κ3) is 3.20. The molecule has 1 amide bonds. The minimum absolute atomic E-state index is 0.169. The number of aromatic nitrogens is 3. The number of rotatable bonds is 4. The normalized spacial score (nSPS) is 11.1. The number of benzene rings is 1. The summed E-state index contributed by atoms with van der Waals surface area (Å²) in [6.07, 6.45) is 2.28. The topological polar surface area (TPSA) is 59.8 Å². The summed E-state index contributed by atoms with van der Waals surface area (Å²) in [6, 6.07) is 12.2. The number of anilines is 1. The molecular formula is C18H16N4OS2. The Bertz CT molecular complexity index is 1010. The molecule has 0 saturated carbocycles. The second-order valence-corrected chi connectivity index (χ2v) is 8.06. The van der Waals surface area contributed by atoms with Crippen LogP contribution in [0.15, 0.2) is 42.6 Å². The Morgan fingerprint density at radius 3 is 2.80 bits per heavy atom. The lowest BCUT2D eigenvalue weighted by Crippen LogP contribution is -2.14. The van der Waals surface area contributed by atoms with Crippen molar-refractivity contribution >= 4 is 43.2 Å². The van der Waals surface area contributed by atoms with E-state index in [1.165, 1.54) is 16.2 Å². The number of amides is 1. The number of thiazole rings is 1. The summed E-state index contributed by atoms with van der Waals surface area (Å²) in [5, 5.41) is 7.80. The summed E-state index contributed by atoms with van der Waals surface area (Å²) >= 11 is 3.13. The highest BCUT2D eigenvalue weighted by molar-refractivity contribution is 7.29. The van der Waals surface area contributed by atoms with Crippen LogP contribution in [0.25, 0.3) is 9.53 Å². The minimum Gasteiger partial charge on any atom is -0.298 e. The van der Waals surface area contributed by atoms with E-state index in [0.717, 1.165) is 20.8 Å². The average Bonchev–Trinajstić information content (AvgIpc) is 3.22. The molecule has 0 saturated heterocycles. The fourth-order valence-electron chi connectivity index (χ4n) is 2.72. The molecule has 0 spiro atoms. The molecule has 0 fully saturated rings. The Kier molecular flexibility index (Phi) is 4.10. The summed E-state index contributed by atoms with van der Waals surface area (Å²) in [7, 11) is 1.86. The fourth-order valence-corrected chi connectivity index (χ4v) is 4.74. The zero-order valence-electron chi connectivity index (χ0n) is 13.8. The maximum absolute atomic E-state index is 12.7. The maximum atomic E-state index is 12.7. The molecule has 3 aromatic heterocycles. The van der Waals surface area contributed by atoms with Gasteiger partial charge in [0.05, 0.1) is 22.2 Å². The predicted molar refractivity (Wildman–Crippen MR) is 103 cm³/mol. The van der Waals surface area contributed by atoms with Crippen LogP contribution in [-0.2, 0) is 13.5 Å². The van der Waals surface area contributed by atoms with E-state index >= 15 is 0 Å². The van der Waals surface area contributed by atoms with Crippen LogP contribution >= 0.6 is 22.7 Å². The van der Waals surface area contributed by atoms with Gasteiger partial charge in [-0.25, -0.2) is 4.98 Å². The van der Waals surface area contributed by atoms with Gasteiger partial charge in [0, 0.05) is 18.3 Å². The van der Waals surface area contributed by atoms with E-state index in [1.807, 2.05) is 37.4 Å². The first-order chi connectivity index (χ1) is 12.1. The van der Waals surface area contributed by atoms with E-state index < -0.39 is 0 Å². The van der Waals surface area contributed by atoms with Gasteiger partial charge >= 0.3 is 0 Å². The predicted octanol–water partition coefficient (Wildman–Crippen LogP) is 4.24. The zero-order chi connectivity index (χ0) is 17.4. The summed E-state index contributed by atoms with van der Waals surface area (Å²) in [5.41, 5.74) is 2.62. The molecule has 0 radical (unpaired) electrons. The smallest absolute Gasteiger partial charge is 0.260 e. The molecule has 0 atom stereocenters. The van der Waals surface area contributed by atoms with Crippen molar-refractivity contribution in [3.8, 4) is 0 Å². The van der Waals surface area contributed by atoms with Gasteiger partial charge in [-0.3, -0.25) is 14.8 Å². The Labute approximate surface area is 153 Å². The van der Waals surface area contributed by atoms with Gasteiger partial charge in [0.25, 0.3) is 5.91 Å². The molecule has 4 rings (SSSR count). The number of aryl methyl sites for hydroxylation is 2. The van der Waals surface area contributed by atoms with Gasteiger partial charge < -0.3 is 0 Å². The number of carbonyl (C=O) groups excluding carboxylic acids is 1. The lowest BCUT2D eigenvalue weighted by atomic mass is 10.1. The van der Waals surface area contributed by atoms with Crippen LogP contribution in [0.3, 0.4) is 0 Å². The third-order valence-electron chi connectivity index (χ3n) is 3.95. The Hall–Kier alpha value is -2.51. The first kappa shape index (κ1) is 16.0. The van der Waals surface area contributed by atoms with Gasteiger partial charge in [-0.15, -0.1) is 11.3 Å². The quantitative estimate of drug-likeness (QED) is 0.586. The summed E-state index contributed by atoms with van der Waals surface area (Å²) in [4.78, 5) is 19.4. The Morgan fingerprint density at radius 1 is 1.24 bits per heavy atom. The van der Waals surface area contributed by atoms with Crippen molar-refractivity contribution in [2.24, 2.45) is 7.05 Å². The molecule has 126 valence electrons. The number of hydrogen-bond acceptors (Lipinski definition) is 5. The summed E-state index contributed by atoms with van der Waals surface area (Å²) in [6.45, 7) is 2.06. The van der Waals surface area contributed by atoms with Gasteiger partial charge in [-0.2, -0.15) is 5.10 Å². The summed E-state index contributed by atoms with van der Waals surface area (Å²) in [5.74, 6) is -0.169. The highest BCUT2D eigenvalue weighted by atomic mass is 32.1. The fraction of sp³-hybridized carbons (Fsp3) is 0.167. The number of nitrogens with zero attached hydrogens (tertiary/aromatic N) is 3. The molecule has 0 aliphatic rings. The van der Waals surface area contributed by atoms with Crippen molar-refractivity contribution in [3.63, 3.8) is 0 Å². The molecule has 3 heterocycles. The van der Waals surface area contributed by atoms with Crippen LogP contribution in [0.1, 0.15) is 26.5 Å². The van der Waals surface area contributed by atoms with E-state index in [4.69, 9.17) is 0 Å². The number of fused-ring (bicyclic) bond motifs is 1. The molecule has 1 N–H and O–H groups in total. The monoisotopic (exact) mass is 368 g/mol. The van der Waals surface area contributed by atoms with Crippen LogP contribution in [0.2, 0.25) is 0 Å². The van der Waals surface area contributed by atoms with Crippen molar-refractivity contribution in [2.75, 3.05) is 5.32 Å². The zero-order valence-corrected chi connectivity index (χ0v) is 15.4. The lowest BCUT2D eigenvalue weighted by Gasteiger charge is -2.06. The van der Waals surface area contributed by atoms with E-state index in [2.05, 4.69) is 28.4 Å². The number of carbonyl (C=O) groups is 1. The molecule has 7 heteroatoms. The third-order valence-corrected chi connectivity index (χ3v) is 5.94. The number of nitrogens with one attached hydrogen (secondary N) is 1. The molecule has 0 bridgehead atoms. The Morgan fingerprint density at radius 2 is 2.04 bits per heavy atom. The highest BCUT2D eigenvalue weighted by Crippen LogP contribution is 2.32. The van der Waals surface area contributed by atoms with Crippen molar-refractivity contribution in [1.82, 2.24) is 14.8 Å². The molecular weight excluding hydrogens is 352 g/mol. The molecule has 0 aliphatic heterocycles. The molecule has 4 aromatic rings. The van der Waals surface area contributed by atoms with Gasteiger partial charge in [-0.1, -0.05) is 41.7 Å². The average molecular weight is 368 g/mol. The highest BCUT2D eigenvalue weighted by Gasteiger charge is 2.18. The second-order valence-electron chi connectivity index (χ2n) is 5.79. The summed E-state index contributed by atoms with van der Waals surface area (Å²) < 4.78 is 2.86. The lowest BCUT2D eigenvalue weighted by molar-refractivity contribution is 0.102. The van der Waals surface area contributed by atoms with E-state index in [9.17, 15) is 4.79 Å². The van der Waals surface area contributed by atoms with Gasteiger partial charge in [0.15, 0.2) is 5.13 Å². The molecule has 25 heavy (non-hydrogen) atoms. The van der Waals surface area contributed by atoms with Crippen molar-refractivity contribution < 1.29 is 4.79 Å². The van der Waals surface area contributed by atoms with Gasteiger partial charge in [0.1, 0.15) is 4.83 Å². The molecule has 0 aliphatic carbocycles. The number of hydrogen-bond donors (Lipinski definition) is 1. The van der Waals surface area contributed by atoms with Gasteiger partial charge in [-0.05, 0) is 18.6 Å². The van der Waals surface area contributed by atoms with E-state index in [1.54, 1.807) is 22.2 Å². The largest absolute Gasteiger partial charge is 0.298 e. The van der Waals surface area contributed by atoms with E-state index in [0.29, 0.717) is 17.1 Å². The van der Waals surface area contributed by atoms with Crippen LogP contribution in [0.5, 0.6) is 0 Å². The van der Waals surface area contributed by atoms with Crippen LogP contribution in [0.4, 0.5) is 5.13 Å². The van der Waals surface area contributed by atoms with Crippen LogP contribution in [0, 0.1) is 6.92 Å². The van der Waals surface area contributed by atoms with Crippen LogP contribution < -0.4 is 5.32 Å². The maximum Gasteiger partial charge on any atom is 0.260 e. The molecule has 1 aromatic carbocycles. The Balaban J connectivity index is 1.58. The molecule has 5 nitrogen and oxygen atoms in total. The first-order valence-corrected chi connectivity index (χ1v) is 9.46. The van der Waals surface area contributed by atoms with Crippen LogP contribution in [-0.4, -0.2) is 20.7 Å². The minimum atomic E-state index is -0.169. The van der Waals surface area contributed by atoms with Crippen molar-refractivity contribution in [3.05, 3.63) is 64.3 Å². The first-order valence-electron chi connectivity index (χ1n) is 7.83. The SMILES string of the molecule is Cc1cc2sc(NC(=O)c3cnn(C)c3Cc3ccccc3)nc2s1. The number of thiophene rings is 1. The van der Waals surface area contributed by atoms with Crippen molar-refractivity contribution in [1.29, 1.82) is 0 Å². The standard InChI is InChI=1S/C18H16N4OS2/c1-11-8-15-17(24-11)21-18(25-15)20-16(23)13-10-19-22(2)14(13)9-12-6-4-3-5-7-12/h3-8,10H,9H2,1-2H3,(H,20,21,23). The van der Waals surface area contributed by atoms with Crippen molar-refractivity contribution in [2.45, 2.75) is 13.3 Å². The molecule has 0 unspecified atom stereocenters. The second kappa shape index (κ2) is 6.42.